The molecule has 2 bridgehead atoms. The zero-order valence-corrected chi connectivity index (χ0v) is 17.5. The van der Waals surface area contributed by atoms with E-state index >= 15 is 0 Å². The predicted molar refractivity (Wildman–Crippen MR) is 112 cm³/mol. The first kappa shape index (κ1) is 20.3. The molecule has 140 valence electrons. The van der Waals surface area contributed by atoms with Crippen LogP contribution in [0.15, 0.2) is 29.3 Å². The monoisotopic (exact) mass is 459 g/mol. The molecule has 1 aromatic rings. The van der Waals surface area contributed by atoms with E-state index in [4.69, 9.17) is 14.5 Å². The van der Waals surface area contributed by atoms with E-state index in [9.17, 15) is 0 Å². The topological polar surface area (TPSA) is 54.9 Å². The molecule has 3 atom stereocenters. The molecule has 0 aliphatic carbocycles. The maximum atomic E-state index is 5.92. The molecule has 2 saturated heterocycles. The van der Waals surface area contributed by atoms with Crippen molar-refractivity contribution in [3.63, 3.8) is 0 Å². The second-order valence-electron chi connectivity index (χ2n) is 6.41. The highest BCUT2D eigenvalue weighted by Gasteiger charge is 2.41. The van der Waals surface area contributed by atoms with Crippen LogP contribution in [0.3, 0.4) is 0 Å². The van der Waals surface area contributed by atoms with Gasteiger partial charge in [-0.3, -0.25) is 4.99 Å². The third kappa shape index (κ3) is 5.48. The Morgan fingerprint density at radius 2 is 2.12 bits per heavy atom. The summed E-state index contributed by atoms with van der Waals surface area (Å²) in [4.78, 5) is 4.74. The molecular weight excluding hydrogens is 429 g/mol. The Kier molecular flexibility index (Phi) is 8.29. The fourth-order valence-corrected chi connectivity index (χ4v) is 3.58. The van der Waals surface area contributed by atoms with Gasteiger partial charge in [0.15, 0.2) is 5.96 Å². The van der Waals surface area contributed by atoms with Gasteiger partial charge < -0.3 is 20.1 Å². The molecule has 0 amide bonds. The van der Waals surface area contributed by atoms with E-state index in [0.717, 1.165) is 37.6 Å². The summed E-state index contributed by atoms with van der Waals surface area (Å²) in [5.41, 5.74) is 1.21. The Balaban J connectivity index is 0.00000225. The minimum absolute atomic E-state index is 0. The second kappa shape index (κ2) is 10.2. The fraction of sp³-hybridized carbons (Fsp3) is 0.632. The van der Waals surface area contributed by atoms with Gasteiger partial charge in [0.25, 0.3) is 0 Å². The number of benzene rings is 1. The van der Waals surface area contributed by atoms with Crippen molar-refractivity contribution in [2.45, 2.75) is 57.8 Å². The minimum Gasteiger partial charge on any atom is -0.494 e. The fourth-order valence-electron chi connectivity index (χ4n) is 3.58. The van der Waals surface area contributed by atoms with Crippen LogP contribution in [0.25, 0.3) is 0 Å². The van der Waals surface area contributed by atoms with Gasteiger partial charge in [-0.1, -0.05) is 18.2 Å². The van der Waals surface area contributed by atoms with E-state index in [2.05, 4.69) is 29.7 Å². The van der Waals surface area contributed by atoms with E-state index < -0.39 is 0 Å². The van der Waals surface area contributed by atoms with Gasteiger partial charge >= 0.3 is 0 Å². The summed E-state index contributed by atoms with van der Waals surface area (Å²) in [5, 5.41) is 6.90. The van der Waals surface area contributed by atoms with Crippen LogP contribution in [-0.2, 0) is 11.2 Å². The number of rotatable bonds is 7. The summed E-state index contributed by atoms with van der Waals surface area (Å²) in [6, 6.07) is 8.61. The number of para-hydroxylation sites is 1. The Morgan fingerprint density at radius 1 is 1.28 bits per heavy atom. The molecule has 0 radical (unpaired) electrons. The van der Waals surface area contributed by atoms with Gasteiger partial charge in [0.05, 0.1) is 24.9 Å². The lowest BCUT2D eigenvalue weighted by Gasteiger charge is -2.22. The van der Waals surface area contributed by atoms with Crippen LogP contribution in [0.4, 0.5) is 0 Å². The molecule has 5 nitrogen and oxygen atoms in total. The number of fused-ring (bicyclic) bond motifs is 2. The molecule has 2 aliphatic rings. The van der Waals surface area contributed by atoms with Gasteiger partial charge in [0, 0.05) is 13.1 Å². The number of halogens is 1. The normalized spacial score (nSPS) is 24.7. The van der Waals surface area contributed by atoms with Crippen LogP contribution >= 0.6 is 24.0 Å². The Bertz CT molecular complexity index is 567. The van der Waals surface area contributed by atoms with Gasteiger partial charge in [-0.05, 0) is 51.2 Å². The SMILES string of the molecule is CCNC(=NCCc1ccccc1OCC)NC1CC2CCC1O2.I. The van der Waals surface area contributed by atoms with Crippen molar-refractivity contribution in [1.29, 1.82) is 0 Å². The highest BCUT2D eigenvalue weighted by atomic mass is 127. The lowest BCUT2D eigenvalue weighted by molar-refractivity contribution is 0.0992. The molecule has 0 aromatic heterocycles. The predicted octanol–water partition coefficient (Wildman–Crippen LogP) is 3.12. The number of nitrogens with one attached hydrogen (secondary N) is 2. The second-order valence-corrected chi connectivity index (χ2v) is 6.41. The summed E-state index contributed by atoms with van der Waals surface area (Å²) in [5.74, 6) is 1.86. The summed E-state index contributed by atoms with van der Waals surface area (Å²) in [6.45, 7) is 6.40. The van der Waals surface area contributed by atoms with Crippen molar-refractivity contribution in [2.24, 2.45) is 4.99 Å². The average molecular weight is 459 g/mol. The smallest absolute Gasteiger partial charge is 0.191 e. The summed E-state index contributed by atoms with van der Waals surface area (Å²) in [7, 11) is 0. The van der Waals surface area contributed by atoms with Crippen molar-refractivity contribution in [1.82, 2.24) is 10.6 Å². The standard InChI is InChI=1S/C19H29N3O2.HI/c1-3-20-19(22-16-13-15-9-10-18(16)24-15)21-12-11-14-7-5-6-8-17(14)23-4-2;/h5-8,15-16,18H,3-4,9-13H2,1-2H3,(H2,20,21,22);1H. The van der Waals surface area contributed by atoms with Crippen molar-refractivity contribution in [3.8, 4) is 5.75 Å². The molecule has 6 heteroatoms. The highest BCUT2D eigenvalue weighted by molar-refractivity contribution is 14.0. The van der Waals surface area contributed by atoms with E-state index in [0.29, 0.717) is 24.9 Å². The van der Waals surface area contributed by atoms with Crippen LogP contribution in [0.5, 0.6) is 5.75 Å². The molecule has 2 heterocycles. The maximum absolute atomic E-state index is 5.92. The zero-order chi connectivity index (χ0) is 16.8. The van der Waals surface area contributed by atoms with Gasteiger partial charge in [0.1, 0.15) is 5.75 Å². The van der Waals surface area contributed by atoms with Crippen molar-refractivity contribution >= 4 is 29.9 Å². The molecule has 3 unspecified atom stereocenters. The van der Waals surface area contributed by atoms with Crippen LogP contribution < -0.4 is 15.4 Å². The van der Waals surface area contributed by atoms with E-state index in [1.165, 1.54) is 18.4 Å². The molecule has 3 rings (SSSR count). The minimum atomic E-state index is 0. The Hall–Kier alpha value is -1.02. The molecule has 0 saturated carbocycles. The summed E-state index contributed by atoms with van der Waals surface area (Å²) >= 11 is 0. The van der Waals surface area contributed by atoms with Crippen LogP contribution in [0.2, 0.25) is 0 Å². The van der Waals surface area contributed by atoms with Crippen molar-refractivity contribution < 1.29 is 9.47 Å². The van der Waals surface area contributed by atoms with Crippen molar-refractivity contribution in [2.75, 3.05) is 19.7 Å². The lowest BCUT2D eigenvalue weighted by atomic mass is 9.96. The molecule has 0 spiro atoms. The van der Waals surface area contributed by atoms with Crippen LogP contribution in [0, 0.1) is 0 Å². The Morgan fingerprint density at radius 3 is 2.80 bits per heavy atom. The molecule has 25 heavy (non-hydrogen) atoms. The maximum Gasteiger partial charge on any atom is 0.191 e. The highest BCUT2D eigenvalue weighted by Crippen LogP contribution is 2.34. The lowest BCUT2D eigenvalue weighted by Crippen LogP contribution is -2.47. The van der Waals surface area contributed by atoms with Gasteiger partial charge in [-0.15, -0.1) is 24.0 Å². The number of hydrogen-bond donors (Lipinski definition) is 2. The number of guanidine groups is 1. The van der Waals surface area contributed by atoms with Crippen LogP contribution in [0.1, 0.15) is 38.7 Å². The molecule has 2 aliphatic heterocycles. The largest absolute Gasteiger partial charge is 0.494 e. The summed E-state index contributed by atoms with van der Waals surface area (Å²) < 4.78 is 11.6. The van der Waals surface area contributed by atoms with Gasteiger partial charge in [-0.2, -0.15) is 0 Å². The van der Waals surface area contributed by atoms with E-state index in [1.54, 1.807) is 0 Å². The van der Waals surface area contributed by atoms with E-state index in [1.807, 2.05) is 19.1 Å². The molecule has 2 N–H and O–H groups in total. The first-order chi connectivity index (χ1) is 11.8. The molecule has 1 aromatic carbocycles. The average Bonchev–Trinajstić information content (AvgIpc) is 3.20. The molecular formula is C19H30IN3O2. The third-order valence-electron chi connectivity index (χ3n) is 4.70. The number of nitrogens with zero attached hydrogens (tertiary/aromatic N) is 1. The third-order valence-corrected chi connectivity index (χ3v) is 4.70. The zero-order valence-electron chi connectivity index (χ0n) is 15.2. The number of aliphatic imine (C=N–C) groups is 1. The molecule has 2 fully saturated rings. The Labute approximate surface area is 168 Å². The first-order valence-electron chi connectivity index (χ1n) is 9.21. The summed E-state index contributed by atoms with van der Waals surface area (Å²) in [6.07, 6.45) is 5.17. The van der Waals surface area contributed by atoms with Gasteiger partial charge in [-0.25, -0.2) is 0 Å². The van der Waals surface area contributed by atoms with Gasteiger partial charge in [0.2, 0.25) is 0 Å². The van der Waals surface area contributed by atoms with E-state index in [-0.39, 0.29) is 24.0 Å². The quantitative estimate of drug-likeness (QED) is 0.374. The first-order valence-corrected chi connectivity index (χ1v) is 9.21. The number of ether oxygens (including phenoxy) is 2. The van der Waals surface area contributed by atoms with Crippen LogP contribution in [-0.4, -0.2) is 43.9 Å². The van der Waals surface area contributed by atoms with Crippen molar-refractivity contribution in [3.05, 3.63) is 29.8 Å². The number of hydrogen-bond acceptors (Lipinski definition) is 3.